The lowest BCUT2D eigenvalue weighted by Crippen LogP contribution is -2.33. The average molecular weight is 268 g/mol. The molecule has 108 valence electrons. The van der Waals surface area contributed by atoms with E-state index in [1.54, 1.807) is 33.6 Å². The first kappa shape index (κ1) is 15.7. The summed E-state index contributed by atoms with van der Waals surface area (Å²) in [5.41, 5.74) is 0.846. The molecule has 0 aliphatic carbocycles. The van der Waals surface area contributed by atoms with E-state index in [4.69, 9.17) is 14.2 Å². The molecule has 1 aromatic heterocycles. The second kappa shape index (κ2) is 8.72. The SMILES string of the molecule is CCCC(COC)NCc1nccc(OC)c1OC. The van der Waals surface area contributed by atoms with E-state index in [9.17, 15) is 0 Å². The van der Waals surface area contributed by atoms with E-state index in [-0.39, 0.29) is 0 Å². The Morgan fingerprint density at radius 1 is 1.26 bits per heavy atom. The number of aromatic nitrogens is 1. The molecular weight excluding hydrogens is 244 g/mol. The highest BCUT2D eigenvalue weighted by Gasteiger charge is 2.13. The van der Waals surface area contributed by atoms with E-state index in [0.29, 0.717) is 30.7 Å². The third kappa shape index (κ3) is 4.69. The van der Waals surface area contributed by atoms with E-state index >= 15 is 0 Å². The van der Waals surface area contributed by atoms with E-state index < -0.39 is 0 Å². The van der Waals surface area contributed by atoms with Gasteiger partial charge in [0.25, 0.3) is 0 Å². The van der Waals surface area contributed by atoms with Crippen molar-refractivity contribution in [3.8, 4) is 11.5 Å². The number of nitrogens with one attached hydrogen (secondary N) is 1. The molecular formula is C14H24N2O3. The number of nitrogens with zero attached hydrogens (tertiary/aromatic N) is 1. The molecule has 0 saturated heterocycles. The predicted octanol–water partition coefficient (Wildman–Crippen LogP) is 2.00. The summed E-state index contributed by atoms with van der Waals surface area (Å²) in [6, 6.07) is 2.12. The first-order chi connectivity index (χ1) is 9.26. The summed E-state index contributed by atoms with van der Waals surface area (Å²) in [6.07, 6.45) is 3.91. The van der Waals surface area contributed by atoms with Crippen molar-refractivity contribution < 1.29 is 14.2 Å². The third-order valence-electron chi connectivity index (χ3n) is 2.93. The normalized spacial score (nSPS) is 12.2. The van der Waals surface area contributed by atoms with Gasteiger partial charge in [0.15, 0.2) is 11.5 Å². The highest BCUT2D eigenvalue weighted by molar-refractivity contribution is 5.42. The van der Waals surface area contributed by atoms with Crippen molar-refractivity contribution in [1.82, 2.24) is 10.3 Å². The smallest absolute Gasteiger partial charge is 0.183 e. The van der Waals surface area contributed by atoms with Crippen LogP contribution in [-0.4, -0.2) is 39.0 Å². The Balaban J connectivity index is 2.70. The predicted molar refractivity (Wildman–Crippen MR) is 74.8 cm³/mol. The van der Waals surface area contributed by atoms with Gasteiger partial charge in [-0.15, -0.1) is 0 Å². The average Bonchev–Trinajstić information content (AvgIpc) is 2.44. The van der Waals surface area contributed by atoms with E-state index in [2.05, 4.69) is 17.2 Å². The molecule has 19 heavy (non-hydrogen) atoms. The summed E-state index contributed by atoms with van der Waals surface area (Å²) in [4.78, 5) is 4.34. The topological polar surface area (TPSA) is 52.6 Å². The molecule has 0 radical (unpaired) electrons. The number of hydrogen-bond acceptors (Lipinski definition) is 5. The Kier molecular flexibility index (Phi) is 7.22. The van der Waals surface area contributed by atoms with Gasteiger partial charge < -0.3 is 19.5 Å². The van der Waals surface area contributed by atoms with Crippen LogP contribution in [0.4, 0.5) is 0 Å². The molecule has 0 aromatic carbocycles. The van der Waals surface area contributed by atoms with Crippen LogP contribution in [0.3, 0.4) is 0 Å². The second-order valence-corrected chi connectivity index (χ2v) is 4.31. The minimum Gasteiger partial charge on any atom is -0.493 e. The fourth-order valence-corrected chi connectivity index (χ4v) is 2.01. The van der Waals surface area contributed by atoms with Gasteiger partial charge in [-0.3, -0.25) is 4.98 Å². The summed E-state index contributed by atoms with van der Waals surface area (Å²) < 4.78 is 15.8. The van der Waals surface area contributed by atoms with Crippen molar-refractivity contribution in [1.29, 1.82) is 0 Å². The Bertz CT molecular complexity index is 366. The summed E-state index contributed by atoms with van der Waals surface area (Å²) in [6.45, 7) is 3.49. The van der Waals surface area contributed by atoms with Gasteiger partial charge in [-0.25, -0.2) is 0 Å². The molecule has 1 unspecified atom stereocenters. The molecule has 1 atom stereocenters. The zero-order valence-electron chi connectivity index (χ0n) is 12.2. The van der Waals surface area contributed by atoms with Gasteiger partial charge in [0, 0.05) is 32.0 Å². The van der Waals surface area contributed by atoms with Crippen LogP contribution >= 0.6 is 0 Å². The molecule has 0 aliphatic rings. The molecule has 1 rings (SSSR count). The second-order valence-electron chi connectivity index (χ2n) is 4.31. The molecule has 5 nitrogen and oxygen atoms in total. The van der Waals surface area contributed by atoms with E-state index in [1.807, 2.05) is 0 Å². The first-order valence-corrected chi connectivity index (χ1v) is 6.54. The van der Waals surface area contributed by atoms with E-state index in [1.165, 1.54) is 0 Å². The molecule has 0 spiro atoms. The largest absolute Gasteiger partial charge is 0.493 e. The summed E-state index contributed by atoms with van der Waals surface area (Å²) in [5, 5.41) is 3.44. The number of hydrogen-bond donors (Lipinski definition) is 1. The number of ether oxygens (including phenoxy) is 3. The summed E-state index contributed by atoms with van der Waals surface area (Å²) >= 11 is 0. The minimum absolute atomic E-state index is 0.327. The quantitative estimate of drug-likeness (QED) is 0.742. The Morgan fingerprint density at radius 3 is 2.63 bits per heavy atom. The number of pyridine rings is 1. The van der Waals surface area contributed by atoms with Crippen molar-refractivity contribution in [3.63, 3.8) is 0 Å². The molecule has 0 amide bonds. The van der Waals surface area contributed by atoms with E-state index in [0.717, 1.165) is 18.5 Å². The van der Waals surface area contributed by atoms with Crippen LogP contribution in [-0.2, 0) is 11.3 Å². The number of rotatable bonds is 9. The van der Waals surface area contributed by atoms with Crippen molar-refractivity contribution in [2.75, 3.05) is 27.9 Å². The van der Waals surface area contributed by atoms with Crippen LogP contribution in [0.25, 0.3) is 0 Å². The Morgan fingerprint density at radius 2 is 2.05 bits per heavy atom. The Hall–Kier alpha value is -1.33. The van der Waals surface area contributed by atoms with Gasteiger partial charge in [-0.1, -0.05) is 13.3 Å². The first-order valence-electron chi connectivity index (χ1n) is 6.54. The van der Waals surface area contributed by atoms with Crippen LogP contribution in [0.2, 0.25) is 0 Å². The molecule has 0 fully saturated rings. The van der Waals surface area contributed by atoms with Crippen LogP contribution in [0.15, 0.2) is 12.3 Å². The standard InChI is InChI=1S/C14H24N2O3/c1-5-6-11(10-17-2)16-9-12-14(19-4)13(18-3)7-8-15-12/h7-8,11,16H,5-6,9-10H2,1-4H3. The fourth-order valence-electron chi connectivity index (χ4n) is 2.01. The molecule has 0 bridgehead atoms. The lowest BCUT2D eigenvalue weighted by Gasteiger charge is -2.18. The molecule has 0 aliphatic heterocycles. The lowest BCUT2D eigenvalue weighted by atomic mass is 10.1. The van der Waals surface area contributed by atoms with Crippen molar-refractivity contribution in [2.45, 2.75) is 32.4 Å². The molecule has 1 N–H and O–H groups in total. The van der Waals surface area contributed by atoms with Gasteiger partial charge in [-0.2, -0.15) is 0 Å². The monoisotopic (exact) mass is 268 g/mol. The molecule has 0 saturated carbocycles. The van der Waals surface area contributed by atoms with Gasteiger partial charge in [-0.05, 0) is 6.42 Å². The van der Waals surface area contributed by atoms with Crippen molar-refractivity contribution in [3.05, 3.63) is 18.0 Å². The van der Waals surface area contributed by atoms with Crippen LogP contribution < -0.4 is 14.8 Å². The Labute approximate surface area is 115 Å². The molecule has 5 heteroatoms. The maximum absolute atomic E-state index is 5.36. The van der Waals surface area contributed by atoms with Gasteiger partial charge in [0.2, 0.25) is 0 Å². The van der Waals surface area contributed by atoms with Crippen LogP contribution in [0.5, 0.6) is 11.5 Å². The van der Waals surface area contributed by atoms with Crippen molar-refractivity contribution >= 4 is 0 Å². The molecule has 1 aromatic rings. The van der Waals surface area contributed by atoms with Gasteiger partial charge >= 0.3 is 0 Å². The number of methoxy groups -OCH3 is 3. The van der Waals surface area contributed by atoms with Crippen molar-refractivity contribution in [2.24, 2.45) is 0 Å². The maximum Gasteiger partial charge on any atom is 0.183 e. The minimum atomic E-state index is 0.327. The maximum atomic E-state index is 5.36. The third-order valence-corrected chi connectivity index (χ3v) is 2.93. The van der Waals surface area contributed by atoms with Gasteiger partial charge in [0.1, 0.15) is 0 Å². The fraction of sp³-hybridized carbons (Fsp3) is 0.643. The summed E-state index contributed by atoms with van der Waals surface area (Å²) in [5.74, 6) is 1.39. The van der Waals surface area contributed by atoms with Crippen LogP contribution in [0.1, 0.15) is 25.5 Å². The summed E-state index contributed by atoms with van der Waals surface area (Å²) in [7, 11) is 4.97. The van der Waals surface area contributed by atoms with Crippen LogP contribution in [0, 0.1) is 0 Å². The highest BCUT2D eigenvalue weighted by Crippen LogP contribution is 2.28. The molecule has 1 heterocycles. The highest BCUT2D eigenvalue weighted by atomic mass is 16.5. The van der Waals surface area contributed by atoms with Gasteiger partial charge in [0.05, 0.1) is 26.5 Å². The zero-order chi connectivity index (χ0) is 14.1. The zero-order valence-corrected chi connectivity index (χ0v) is 12.2. The lowest BCUT2D eigenvalue weighted by molar-refractivity contribution is 0.161.